The molecule has 0 aliphatic carbocycles. The lowest BCUT2D eigenvalue weighted by atomic mass is 10.1. The molecule has 0 bridgehead atoms. The van der Waals surface area contributed by atoms with Crippen LogP contribution < -0.4 is 4.74 Å². The van der Waals surface area contributed by atoms with Crippen LogP contribution in [0, 0.1) is 13.8 Å². The number of hydrogen-bond donors (Lipinski definition) is 1. The van der Waals surface area contributed by atoms with Gasteiger partial charge < -0.3 is 19.3 Å². The first kappa shape index (κ1) is 17.1. The summed E-state index contributed by atoms with van der Waals surface area (Å²) in [6, 6.07) is 9.50. The van der Waals surface area contributed by atoms with Crippen LogP contribution in [0.4, 0.5) is 0 Å². The third-order valence-corrected chi connectivity index (χ3v) is 3.98. The Hall–Kier alpha value is -2.27. The van der Waals surface area contributed by atoms with E-state index in [2.05, 4.69) is 4.57 Å². The number of amides is 1. The number of aliphatic hydroxyl groups is 1. The zero-order valence-corrected chi connectivity index (χ0v) is 14.2. The number of nitrogens with zero attached hydrogens (tertiary/aromatic N) is 2. The summed E-state index contributed by atoms with van der Waals surface area (Å²) in [5.41, 5.74) is 3.59. The fraction of sp³-hybridized carbons (Fsp3) is 0.389. The van der Waals surface area contributed by atoms with Crippen LogP contribution in [0.15, 0.2) is 30.3 Å². The van der Waals surface area contributed by atoms with Gasteiger partial charge in [-0.1, -0.05) is 0 Å². The summed E-state index contributed by atoms with van der Waals surface area (Å²) in [4.78, 5) is 14.2. The van der Waals surface area contributed by atoms with Crippen LogP contribution in [-0.2, 0) is 0 Å². The molecule has 0 fully saturated rings. The fourth-order valence-corrected chi connectivity index (χ4v) is 2.75. The van der Waals surface area contributed by atoms with Gasteiger partial charge in [0, 0.05) is 30.0 Å². The summed E-state index contributed by atoms with van der Waals surface area (Å²) in [6.45, 7) is 6.79. The molecule has 0 saturated heterocycles. The molecule has 0 radical (unpaired) electrons. The molecule has 2 rings (SSSR count). The number of carbonyl (C=O) groups excluding carboxylic acids is 1. The minimum Gasteiger partial charge on any atom is -0.495 e. The summed E-state index contributed by atoms with van der Waals surface area (Å²) < 4.78 is 7.53. The second-order valence-electron chi connectivity index (χ2n) is 5.45. The Morgan fingerprint density at radius 3 is 2.39 bits per heavy atom. The van der Waals surface area contributed by atoms with Gasteiger partial charge in [-0.25, -0.2) is 0 Å². The molecule has 0 saturated carbocycles. The monoisotopic (exact) mass is 316 g/mol. The van der Waals surface area contributed by atoms with Crippen molar-refractivity contribution in [1.29, 1.82) is 0 Å². The normalized spacial score (nSPS) is 10.7. The Labute approximate surface area is 137 Å². The van der Waals surface area contributed by atoms with Crippen molar-refractivity contribution in [3.63, 3.8) is 0 Å². The van der Waals surface area contributed by atoms with Crippen molar-refractivity contribution in [2.75, 3.05) is 26.8 Å². The first-order chi connectivity index (χ1) is 11.0. The van der Waals surface area contributed by atoms with Gasteiger partial charge in [-0.15, -0.1) is 0 Å². The van der Waals surface area contributed by atoms with Crippen LogP contribution >= 0.6 is 0 Å². The van der Waals surface area contributed by atoms with Gasteiger partial charge in [-0.2, -0.15) is 0 Å². The van der Waals surface area contributed by atoms with E-state index in [1.54, 1.807) is 18.1 Å². The molecule has 5 nitrogen and oxygen atoms in total. The third kappa shape index (κ3) is 3.40. The van der Waals surface area contributed by atoms with Crippen LogP contribution in [0.25, 0.3) is 5.69 Å². The summed E-state index contributed by atoms with van der Waals surface area (Å²) >= 11 is 0. The van der Waals surface area contributed by atoms with Gasteiger partial charge in [-0.3, -0.25) is 4.79 Å². The average molecular weight is 316 g/mol. The first-order valence-electron chi connectivity index (χ1n) is 7.77. The highest BCUT2D eigenvalue weighted by molar-refractivity contribution is 5.95. The Balaban J connectivity index is 2.50. The minimum atomic E-state index is -0.0899. The highest BCUT2D eigenvalue weighted by atomic mass is 16.5. The molecular weight excluding hydrogens is 292 g/mol. The van der Waals surface area contributed by atoms with Gasteiger partial charge in [0.05, 0.1) is 19.4 Å². The minimum absolute atomic E-state index is 0.0432. The topological polar surface area (TPSA) is 54.7 Å². The number of aliphatic hydroxyl groups excluding tert-OH is 1. The second-order valence-corrected chi connectivity index (χ2v) is 5.45. The van der Waals surface area contributed by atoms with Crippen molar-refractivity contribution >= 4 is 5.91 Å². The van der Waals surface area contributed by atoms with Gasteiger partial charge in [0.2, 0.25) is 0 Å². The van der Waals surface area contributed by atoms with E-state index in [1.165, 1.54) is 0 Å². The molecule has 1 N–H and O–H groups in total. The molecule has 2 aromatic rings. The Kier molecular flexibility index (Phi) is 5.45. The quantitative estimate of drug-likeness (QED) is 0.891. The lowest BCUT2D eigenvalue weighted by Crippen LogP contribution is -2.33. The zero-order valence-electron chi connectivity index (χ0n) is 14.2. The number of aryl methyl sites for hydroxylation is 2. The van der Waals surface area contributed by atoms with Crippen LogP contribution in [0.1, 0.15) is 28.7 Å². The van der Waals surface area contributed by atoms with Crippen molar-refractivity contribution in [3.8, 4) is 11.4 Å². The summed E-state index contributed by atoms with van der Waals surface area (Å²) in [6.07, 6.45) is 0. The number of methoxy groups -OCH3 is 1. The number of rotatable bonds is 6. The van der Waals surface area contributed by atoms with E-state index in [0.717, 1.165) is 17.1 Å². The zero-order chi connectivity index (χ0) is 17.0. The number of benzene rings is 1. The molecule has 0 spiro atoms. The van der Waals surface area contributed by atoms with E-state index < -0.39 is 0 Å². The van der Waals surface area contributed by atoms with E-state index in [-0.39, 0.29) is 12.5 Å². The van der Waals surface area contributed by atoms with Crippen molar-refractivity contribution < 1.29 is 14.6 Å². The number of likely N-dealkylation sites (N-methyl/N-ethyl adjacent to an activating group) is 1. The Morgan fingerprint density at radius 1 is 1.22 bits per heavy atom. The van der Waals surface area contributed by atoms with E-state index >= 15 is 0 Å². The van der Waals surface area contributed by atoms with Crippen molar-refractivity contribution in [3.05, 3.63) is 47.3 Å². The standard InChI is InChI=1S/C18H24N2O3/c1-5-19(10-11-21)18(22)15-8-9-17(23-4)16(12-15)20-13(2)6-7-14(20)3/h6-9,12,21H,5,10-11H2,1-4H3. The molecule has 0 atom stereocenters. The third-order valence-electron chi connectivity index (χ3n) is 3.98. The summed E-state index contributed by atoms with van der Waals surface area (Å²) in [5, 5.41) is 9.11. The summed E-state index contributed by atoms with van der Waals surface area (Å²) in [5.74, 6) is 0.627. The molecule has 0 aliphatic rings. The van der Waals surface area contributed by atoms with Gasteiger partial charge in [0.25, 0.3) is 5.91 Å². The van der Waals surface area contributed by atoms with Crippen LogP contribution in [0.5, 0.6) is 5.75 Å². The van der Waals surface area contributed by atoms with Crippen LogP contribution in [-0.4, -0.2) is 47.3 Å². The number of ether oxygens (including phenoxy) is 1. The highest BCUT2D eigenvalue weighted by Gasteiger charge is 2.17. The van der Waals surface area contributed by atoms with Crippen LogP contribution in [0.2, 0.25) is 0 Å². The maximum atomic E-state index is 12.6. The van der Waals surface area contributed by atoms with Gasteiger partial charge in [-0.05, 0) is 51.1 Å². The lowest BCUT2D eigenvalue weighted by Gasteiger charge is -2.21. The van der Waals surface area contributed by atoms with Gasteiger partial charge >= 0.3 is 0 Å². The average Bonchev–Trinajstić information content (AvgIpc) is 2.90. The maximum absolute atomic E-state index is 12.6. The van der Waals surface area contributed by atoms with Gasteiger partial charge in [0.1, 0.15) is 5.75 Å². The van der Waals surface area contributed by atoms with Crippen molar-refractivity contribution in [2.24, 2.45) is 0 Å². The second kappa shape index (κ2) is 7.33. The molecule has 124 valence electrons. The molecule has 23 heavy (non-hydrogen) atoms. The van der Waals surface area contributed by atoms with E-state index in [9.17, 15) is 4.79 Å². The largest absolute Gasteiger partial charge is 0.495 e. The predicted molar refractivity (Wildman–Crippen MR) is 90.5 cm³/mol. The maximum Gasteiger partial charge on any atom is 0.254 e. The molecule has 1 aromatic heterocycles. The molecular formula is C18H24N2O3. The molecule has 1 aromatic carbocycles. The molecule has 0 unspecified atom stereocenters. The highest BCUT2D eigenvalue weighted by Crippen LogP contribution is 2.28. The molecule has 1 heterocycles. The SMILES string of the molecule is CCN(CCO)C(=O)c1ccc(OC)c(-n2c(C)ccc2C)c1. The number of carbonyl (C=O) groups is 1. The number of hydrogen-bond acceptors (Lipinski definition) is 3. The Morgan fingerprint density at radius 2 is 1.87 bits per heavy atom. The molecule has 5 heteroatoms. The fourth-order valence-electron chi connectivity index (χ4n) is 2.75. The Bertz CT molecular complexity index is 672. The van der Waals surface area contributed by atoms with E-state index in [0.29, 0.717) is 24.4 Å². The molecule has 0 aliphatic heterocycles. The van der Waals surface area contributed by atoms with E-state index in [1.807, 2.05) is 45.0 Å². The lowest BCUT2D eigenvalue weighted by molar-refractivity contribution is 0.0732. The predicted octanol–water partition coefficient (Wildman–Crippen LogP) is 2.56. The number of aromatic nitrogens is 1. The first-order valence-corrected chi connectivity index (χ1v) is 7.77. The summed E-state index contributed by atoms with van der Waals surface area (Å²) in [7, 11) is 1.62. The van der Waals surface area contributed by atoms with E-state index in [4.69, 9.17) is 9.84 Å². The smallest absolute Gasteiger partial charge is 0.254 e. The van der Waals surface area contributed by atoms with Crippen LogP contribution in [0.3, 0.4) is 0 Å². The van der Waals surface area contributed by atoms with Gasteiger partial charge in [0.15, 0.2) is 0 Å². The molecule has 1 amide bonds. The van der Waals surface area contributed by atoms with Crippen molar-refractivity contribution in [1.82, 2.24) is 9.47 Å². The van der Waals surface area contributed by atoms with Crippen molar-refractivity contribution in [2.45, 2.75) is 20.8 Å².